The maximum Gasteiger partial charge on any atom is 0.235 e. The fourth-order valence-electron chi connectivity index (χ4n) is 2.98. The Bertz CT molecular complexity index is 803. The van der Waals surface area contributed by atoms with E-state index in [2.05, 4.69) is 56.4 Å². The summed E-state index contributed by atoms with van der Waals surface area (Å²) in [5, 5.41) is 11.9. The van der Waals surface area contributed by atoms with Crippen molar-refractivity contribution < 1.29 is 4.79 Å². The predicted molar refractivity (Wildman–Crippen MR) is 95.8 cm³/mol. The van der Waals surface area contributed by atoms with Crippen molar-refractivity contribution in [3.05, 3.63) is 65.2 Å². The van der Waals surface area contributed by atoms with Crippen LogP contribution in [0.15, 0.2) is 48.5 Å². The van der Waals surface area contributed by atoms with Crippen LogP contribution in [0.5, 0.6) is 0 Å². The van der Waals surface area contributed by atoms with Crippen molar-refractivity contribution >= 4 is 11.6 Å². The molecular weight excluding hydrogens is 296 g/mol. The third-order valence-corrected chi connectivity index (χ3v) is 4.74. The number of benzene rings is 2. The molecule has 3 nitrogen and oxygen atoms in total. The highest BCUT2D eigenvalue weighted by atomic mass is 16.2. The van der Waals surface area contributed by atoms with Crippen LogP contribution in [0.25, 0.3) is 0 Å². The largest absolute Gasteiger partial charge is 0.325 e. The summed E-state index contributed by atoms with van der Waals surface area (Å²) in [5.41, 5.74) is 3.26. The van der Waals surface area contributed by atoms with E-state index in [1.54, 1.807) is 18.2 Å². The molecular formula is C21H22N2O. The third-order valence-electron chi connectivity index (χ3n) is 4.74. The molecule has 0 aromatic heterocycles. The smallest absolute Gasteiger partial charge is 0.235 e. The predicted octanol–water partition coefficient (Wildman–Crippen LogP) is 4.53. The number of rotatable bonds is 3. The third kappa shape index (κ3) is 3.05. The minimum absolute atomic E-state index is 0.0149. The average molecular weight is 318 g/mol. The molecule has 24 heavy (non-hydrogen) atoms. The van der Waals surface area contributed by atoms with E-state index in [1.807, 2.05) is 6.07 Å². The van der Waals surface area contributed by atoms with Gasteiger partial charge in [0.1, 0.15) is 0 Å². The molecule has 0 aliphatic heterocycles. The van der Waals surface area contributed by atoms with Gasteiger partial charge in [-0.25, -0.2) is 0 Å². The second kappa shape index (κ2) is 5.79. The lowest BCUT2D eigenvalue weighted by atomic mass is 9.85. The molecule has 1 fully saturated rings. The van der Waals surface area contributed by atoms with Crippen LogP contribution in [-0.4, -0.2) is 5.91 Å². The Morgan fingerprint density at radius 3 is 2.33 bits per heavy atom. The monoisotopic (exact) mass is 318 g/mol. The molecule has 2 aromatic carbocycles. The van der Waals surface area contributed by atoms with Crippen molar-refractivity contribution in [1.29, 1.82) is 5.26 Å². The molecule has 0 spiro atoms. The second-order valence-electron chi connectivity index (χ2n) is 7.56. The van der Waals surface area contributed by atoms with Gasteiger partial charge in [0.15, 0.2) is 0 Å². The molecule has 0 atom stereocenters. The number of nitrogens with zero attached hydrogens (tertiary/aromatic N) is 1. The van der Waals surface area contributed by atoms with Gasteiger partial charge in [-0.05, 0) is 47.6 Å². The molecule has 0 unspecified atom stereocenters. The van der Waals surface area contributed by atoms with Crippen LogP contribution in [0.2, 0.25) is 0 Å². The molecule has 3 heteroatoms. The Balaban J connectivity index is 1.80. The molecule has 0 saturated heterocycles. The molecule has 0 bridgehead atoms. The Kier molecular flexibility index (Phi) is 3.93. The summed E-state index contributed by atoms with van der Waals surface area (Å²) < 4.78 is 0. The van der Waals surface area contributed by atoms with Crippen molar-refractivity contribution in [1.82, 2.24) is 0 Å². The van der Waals surface area contributed by atoms with Gasteiger partial charge in [0.05, 0.1) is 17.0 Å². The van der Waals surface area contributed by atoms with Gasteiger partial charge in [-0.15, -0.1) is 0 Å². The number of carbonyl (C=O) groups excluding carboxylic acids is 1. The number of anilines is 1. The SMILES string of the molecule is CC(C)(C)c1ccc(C2(C(=O)Nc3cccc(C#N)c3)CC2)cc1. The number of amides is 1. The van der Waals surface area contributed by atoms with Crippen molar-refractivity contribution in [3.8, 4) is 6.07 Å². The maximum atomic E-state index is 12.8. The molecule has 1 aliphatic carbocycles. The highest BCUT2D eigenvalue weighted by Crippen LogP contribution is 2.49. The molecule has 0 radical (unpaired) electrons. The summed E-state index contributed by atoms with van der Waals surface area (Å²) >= 11 is 0. The van der Waals surface area contributed by atoms with Gasteiger partial charge in [-0.1, -0.05) is 51.1 Å². The van der Waals surface area contributed by atoms with Crippen molar-refractivity contribution in [2.24, 2.45) is 0 Å². The van der Waals surface area contributed by atoms with E-state index in [1.165, 1.54) is 5.56 Å². The van der Waals surface area contributed by atoms with Crippen molar-refractivity contribution in [2.45, 2.75) is 44.4 Å². The summed E-state index contributed by atoms with van der Waals surface area (Å²) in [7, 11) is 0. The Labute approximate surface area is 143 Å². The molecule has 1 amide bonds. The molecule has 1 saturated carbocycles. The van der Waals surface area contributed by atoms with Crippen LogP contribution in [0.1, 0.15) is 50.3 Å². The summed E-state index contributed by atoms with van der Waals surface area (Å²) in [6.07, 6.45) is 1.73. The normalized spacial score (nSPS) is 15.4. The van der Waals surface area contributed by atoms with E-state index in [0.717, 1.165) is 18.4 Å². The molecule has 1 aliphatic rings. The van der Waals surface area contributed by atoms with Crippen LogP contribution in [0.4, 0.5) is 5.69 Å². The first kappa shape index (κ1) is 16.3. The van der Waals surface area contributed by atoms with E-state index in [-0.39, 0.29) is 11.3 Å². The highest BCUT2D eigenvalue weighted by Gasteiger charge is 2.51. The molecule has 2 aromatic rings. The highest BCUT2D eigenvalue weighted by molar-refractivity contribution is 6.01. The first-order valence-corrected chi connectivity index (χ1v) is 8.28. The van der Waals surface area contributed by atoms with E-state index >= 15 is 0 Å². The molecule has 122 valence electrons. The number of hydrogen-bond acceptors (Lipinski definition) is 2. The van der Waals surface area contributed by atoms with Crippen molar-refractivity contribution in [3.63, 3.8) is 0 Å². The second-order valence-corrected chi connectivity index (χ2v) is 7.56. The Morgan fingerprint density at radius 2 is 1.79 bits per heavy atom. The van der Waals surface area contributed by atoms with E-state index in [4.69, 9.17) is 5.26 Å². The van der Waals surface area contributed by atoms with Gasteiger partial charge in [-0.2, -0.15) is 5.26 Å². The van der Waals surface area contributed by atoms with Crippen LogP contribution >= 0.6 is 0 Å². The Hall–Kier alpha value is -2.60. The van der Waals surface area contributed by atoms with Crippen LogP contribution in [-0.2, 0) is 15.6 Å². The van der Waals surface area contributed by atoms with Crippen LogP contribution in [0.3, 0.4) is 0 Å². The zero-order chi connectivity index (χ0) is 17.4. The van der Waals surface area contributed by atoms with E-state index in [0.29, 0.717) is 11.3 Å². The molecule has 3 rings (SSSR count). The minimum atomic E-state index is -0.418. The summed E-state index contributed by atoms with van der Waals surface area (Å²) in [6.45, 7) is 6.55. The lowest BCUT2D eigenvalue weighted by Gasteiger charge is -2.21. The fourth-order valence-corrected chi connectivity index (χ4v) is 2.98. The number of nitrogens with one attached hydrogen (secondary N) is 1. The minimum Gasteiger partial charge on any atom is -0.325 e. The summed E-state index contributed by atoms with van der Waals surface area (Å²) in [4.78, 5) is 12.8. The van der Waals surface area contributed by atoms with E-state index < -0.39 is 5.41 Å². The summed E-state index contributed by atoms with van der Waals surface area (Å²) in [6, 6.07) is 17.5. The van der Waals surface area contributed by atoms with Gasteiger partial charge in [-0.3, -0.25) is 4.79 Å². The standard InChI is InChI=1S/C21H22N2O/c1-20(2,3)16-7-9-17(10-8-16)21(11-12-21)19(24)23-18-6-4-5-15(13-18)14-22/h4-10,13H,11-12H2,1-3H3,(H,23,24). The first-order chi connectivity index (χ1) is 11.3. The Morgan fingerprint density at radius 1 is 1.12 bits per heavy atom. The quantitative estimate of drug-likeness (QED) is 0.904. The lowest BCUT2D eigenvalue weighted by Crippen LogP contribution is -2.28. The van der Waals surface area contributed by atoms with Gasteiger partial charge < -0.3 is 5.32 Å². The average Bonchev–Trinajstić information content (AvgIpc) is 3.36. The van der Waals surface area contributed by atoms with Gasteiger partial charge in [0, 0.05) is 5.69 Å². The van der Waals surface area contributed by atoms with Gasteiger partial charge >= 0.3 is 0 Å². The zero-order valence-corrected chi connectivity index (χ0v) is 14.4. The first-order valence-electron chi connectivity index (χ1n) is 8.28. The number of carbonyl (C=O) groups is 1. The summed E-state index contributed by atoms with van der Waals surface area (Å²) in [5.74, 6) is 0.0149. The van der Waals surface area contributed by atoms with Gasteiger partial charge in [0.25, 0.3) is 0 Å². The maximum absolute atomic E-state index is 12.8. The number of hydrogen-bond donors (Lipinski definition) is 1. The topological polar surface area (TPSA) is 52.9 Å². The van der Waals surface area contributed by atoms with E-state index in [9.17, 15) is 4.79 Å². The fraction of sp³-hybridized carbons (Fsp3) is 0.333. The van der Waals surface area contributed by atoms with Gasteiger partial charge in [0.2, 0.25) is 5.91 Å². The van der Waals surface area contributed by atoms with Crippen LogP contribution < -0.4 is 5.32 Å². The molecule has 1 N–H and O–H groups in total. The van der Waals surface area contributed by atoms with Crippen molar-refractivity contribution in [2.75, 3.05) is 5.32 Å². The zero-order valence-electron chi connectivity index (χ0n) is 14.4. The molecule has 0 heterocycles. The van der Waals surface area contributed by atoms with Crippen LogP contribution in [0, 0.1) is 11.3 Å². The number of nitriles is 1. The lowest BCUT2D eigenvalue weighted by molar-refractivity contribution is -0.118.